The second-order valence-electron chi connectivity index (χ2n) is 9.12. The van der Waals surface area contributed by atoms with Gasteiger partial charge in [-0.2, -0.15) is 0 Å². The molecule has 162 valence electrons. The Morgan fingerprint density at radius 1 is 1.00 bits per heavy atom. The monoisotopic (exact) mass is 439 g/mol. The Labute approximate surface area is 185 Å². The number of hydrogen-bond donors (Lipinski definition) is 1. The van der Waals surface area contributed by atoms with Crippen LogP contribution in [0.15, 0.2) is 53.3 Å². The first-order valence-electron chi connectivity index (χ1n) is 10.8. The van der Waals surface area contributed by atoms with Crippen molar-refractivity contribution >= 4 is 28.7 Å². The maximum atomic E-state index is 12.9. The van der Waals surface area contributed by atoms with Crippen LogP contribution >= 0.6 is 11.6 Å². The minimum Gasteiger partial charge on any atom is -0.441 e. The number of nitrogens with one attached hydrogen (secondary N) is 1. The molecule has 1 saturated heterocycles. The van der Waals surface area contributed by atoms with Crippen molar-refractivity contribution in [3.8, 4) is 0 Å². The van der Waals surface area contributed by atoms with Crippen LogP contribution in [0.1, 0.15) is 57.2 Å². The summed E-state index contributed by atoms with van der Waals surface area (Å²) < 4.78 is 7.63. The summed E-state index contributed by atoms with van der Waals surface area (Å²) in [5.41, 5.74) is 2.02. The maximum absolute atomic E-state index is 12.9. The number of nitrogens with zero attached hydrogens (tertiary/aromatic N) is 2. The third-order valence-electron chi connectivity index (χ3n) is 6.72. The summed E-state index contributed by atoms with van der Waals surface area (Å²) in [6, 6.07) is 15.7. The van der Waals surface area contributed by atoms with Crippen LogP contribution in [0.2, 0.25) is 5.02 Å². The summed E-state index contributed by atoms with van der Waals surface area (Å²) in [6.07, 6.45) is 3.05. The highest BCUT2D eigenvalue weighted by Crippen LogP contribution is 2.45. The molecule has 2 aromatic carbocycles. The quantitative estimate of drug-likeness (QED) is 0.590. The fraction of sp³-hybridized carbons (Fsp3) is 0.417. The van der Waals surface area contributed by atoms with Gasteiger partial charge in [0, 0.05) is 17.1 Å². The number of H-pyrrole nitrogens is 1. The van der Waals surface area contributed by atoms with Crippen LogP contribution in [0.4, 0.5) is 4.79 Å². The molecule has 3 aromatic rings. The first-order chi connectivity index (χ1) is 14.8. The van der Waals surface area contributed by atoms with Crippen LogP contribution in [0, 0.1) is 0 Å². The molecule has 1 unspecified atom stereocenters. The van der Waals surface area contributed by atoms with Gasteiger partial charge in [0.25, 0.3) is 0 Å². The highest BCUT2D eigenvalue weighted by molar-refractivity contribution is 6.31. The molecule has 0 radical (unpaired) electrons. The van der Waals surface area contributed by atoms with E-state index in [9.17, 15) is 9.59 Å². The average Bonchev–Trinajstić information content (AvgIpc) is 3.19. The highest BCUT2D eigenvalue weighted by Gasteiger charge is 2.51. The Morgan fingerprint density at radius 3 is 2.39 bits per heavy atom. The second-order valence-corrected chi connectivity index (χ2v) is 9.55. The number of carbonyl (C=O) groups excluding carboxylic acids is 1. The van der Waals surface area contributed by atoms with Crippen LogP contribution in [-0.4, -0.2) is 32.2 Å². The van der Waals surface area contributed by atoms with Gasteiger partial charge < -0.3 is 9.72 Å². The van der Waals surface area contributed by atoms with Gasteiger partial charge >= 0.3 is 11.8 Å². The molecule has 1 aliphatic carbocycles. The summed E-state index contributed by atoms with van der Waals surface area (Å²) in [7, 11) is 0. The molecule has 1 N–H and O–H groups in total. The predicted molar refractivity (Wildman–Crippen MR) is 120 cm³/mol. The lowest BCUT2D eigenvalue weighted by Gasteiger charge is -2.38. The maximum Gasteiger partial charge on any atom is 0.411 e. The highest BCUT2D eigenvalue weighted by atomic mass is 35.5. The van der Waals surface area contributed by atoms with Gasteiger partial charge in [0.1, 0.15) is 5.60 Å². The first-order valence-corrected chi connectivity index (χ1v) is 11.2. The number of carbonyl (C=O) groups is 1. The number of amides is 1. The van der Waals surface area contributed by atoms with Crippen LogP contribution in [0.5, 0.6) is 0 Å². The van der Waals surface area contributed by atoms with Crippen molar-refractivity contribution in [1.29, 1.82) is 0 Å². The van der Waals surface area contributed by atoms with E-state index in [0.717, 1.165) is 42.3 Å². The van der Waals surface area contributed by atoms with Crippen LogP contribution in [0.3, 0.4) is 0 Å². The summed E-state index contributed by atoms with van der Waals surface area (Å²) >= 11 is 6.08. The van der Waals surface area contributed by atoms with E-state index in [4.69, 9.17) is 16.3 Å². The lowest BCUT2D eigenvalue weighted by Crippen LogP contribution is -2.43. The Hall–Kier alpha value is -2.73. The molecule has 2 heterocycles. The number of hydrogen-bond acceptors (Lipinski definition) is 3. The van der Waals surface area contributed by atoms with Gasteiger partial charge in [0.05, 0.1) is 17.1 Å². The number of cyclic esters (lactones) is 1. The molecule has 31 heavy (non-hydrogen) atoms. The zero-order valence-electron chi connectivity index (χ0n) is 17.7. The number of aromatic amines is 1. The molecule has 1 amide bonds. The third-order valence-corrected chi connectivity index (χ3v) is 6.95. The Kier molecular flexibility index (Phi) is 4.85. The van der Waals surface area contributed by atoms with E-state index in [1.807, 2.05) is 53.6 Å². The number of halogens is 1. The van der Waals surface area contributed by atoms with Gasteiger partial charge in [-0.05, 0) is 63.3 Å². The van der Waals surface area contributed by atoms with Gasteiger partial charge in [-0.3, -0.25) is 9.47 Å². The molecule has 1 aliphatic heterocycles. The summed E-state index contributed by atoms with van der Waals surface area (Å²) in [6.45, 7) is 3.95. The minimum atomic E-state index is -0.595. The van der Waals surface area contributed by atoms with E-state index in [1.54, 1.807) is 6.07 Å². The molecule has 5 rings (SSSR count). The van der Waals surface area contributed by atoms with Gasteiger partial charge in [0.15, 0.2) is 0 Å². The molecule has 0 bridgehead atoms. The van der Waals surface area contributed by atoms with E-state index in [-0.39, 0.29) is 29.9 Å². The molecule has 1 saturated carbocycles. The van der Waals surface area contributed by atoms with Gasteiger partial charge in [-0.25, -0.2) is 9.59 Å². The summed E-state index contributed by atoms with van der Waals surface area (Å²) in [5, 5.41) is 0.603. The van der Waals surface area contributed by atoms with Crippen molar-refractivity contribution < 1.29 is 9.53 Å². The van der Waals surface area contributed by atoms with E-state index in [2.05, 4.69) is 17.1 Å². The largest absolute Gasteiger partial charge is 0.441 e. The van der Waals surface area contributed by atoms with E-state index in [1.165, 1.54) is 0 Å². The Morgan fingerprint density at radius 2 is 1.68 bits per heavy atom. The molecule has 2 aliphatic rings. The van der Waals surface area contributed by atoms with Crippen LogP contribution in [0.25, 0.3) is 11.0 Å². The number of ether oxygens (including phenoxy) is 1. The van der Waals surface area contributed by atoms with E-state index >= 15 is 0 Å². The number of rotatable bonds is 3. The molecule has 1 aromatic heterocycles. The zero-order chi connectivity index (χ0) is 21.8. The smallest absolute Gasteiger partial charge is 0.411 e. The Balaban J connectivity index is 1.40. The summed E-state index contributed by atoms with van der Waals surface area (Å²) in [5.74, 6) is 0. The molecule has 1 atom stereocenters. The second kappa shape index (κ2) is 7.45. The lowest BCUT2D eigenvalue weighted by atomic mass is 9.86. The Bertz CT molecular complexity index is 1180. The average molecular weight is 440 g/mol. The van der Waals surface area contributed by atoms with Crippen LogP contribution < -0.4 is 5.69 Å². The molecular formula is C24H26ClN3O3. The van der Waals surface area contributed by atoms with Crippen molar-refractivity contribution in [3.05, 3.63) is 69.6 Å². The van der Waals surface area contributed by atoms with Crippen LogP contribution in [-0.2, 0) is 4.74 Å². The third kappa shape index (κ3) is 3.43. The van der Waals surface area contributed by atoms with Crippen molar-refractivity contribution in [2.24, 2.45) is 0 Å². The lowest BCUT2D eigenvalue weighted by molar-refractivity contribution is 0.0662. The number of imidazole rings is 1. The van der Waals surface area contributed by atoms with Gasteiger partial charge in [0.2, 0.25) is 0 Å². The van der Waals surface area contributed by atoms with Crippen molar-refractivity contribution in [2.75, 3.05) is 0 Å². The minimum absolute atomic E-state index is 0.0890. The van der Waals surface area contributed by atoms with Gasteiger partial charge in [-0.15, -0.1) is 0 Å². The fourth-order valence-corrected chi connectivity index (χ4v) is 5.56. The first kappa shape index (κ1) is 20.2. The standard InChI is InChI=1S/C24H26ClN3O3/c1-24(2)21(15-6-4-3-5-7-15)28(23(30)31-24)18-11-9-17(10-12-18)27-20-13-8-16(25)14-19(20)26-22(27)29/h3-8,13-14,17-18,21H,9-12H2,1-2H3,(H,26,29). The molecule has 6 nitrogen and oxygen atoms in total. The fourth-order valence-electron chi connectivity index (χ4n) is 5.39. The SMILES string of the molecule is CC1(C)OC(=O)N(C2CCC(n3c(=O)[nH]c4cc(Cl)ccc43)CC2)C1c1ccccc1. The topological polar surface area (TPSA) is 67.3 Å². The van der Waals surface area contributed by atoms with Crippen molar-refractivity contribution in [2.45, 2.75) is 63.3 Å². The van der Waals surface area contributed by atoms with E-state index in [0.29, 0.717) is 5.02 Å². The van der Waals surface area contributed by atoms with Crippen molar-refractivity contribution in [1.82, 2.24) is 14.5 Å². The van der Waals surface area contributed by atoms with Crippen molar-refractivity contribution in [3.63, 3.8) is 0 Å². The van der Waals surface area contributed by atoms with Gasteiger partial charge in [-0.1, -0.05) is 41.9 Å². The summed E-state index contributed by atoms with van der Waals surface area (Å²) in [4.78, 5) is 30.4. The van der Waals surface area contributed by atoms with E-state index < -0.39 is 5.60 Å². The number of fused-ring (bicyclic) bond motifs is 1. The zero-order valence-corrected chi connectivity index (χ0v) is 18.4. The molecule has 2 fully saturated rings. The predicted octanol–water partition coefficient (Wildman–Crippen LogP) is 5.44. The number of benzene rings is 2. The molecular weight excluding hydrogens is 414 g/mol. The normalized spacial score (nSPS) is 25.7. The number of aromatic nitrogens is 2. The molecule has 7 heteroatoms. The molecule has 0 spiro atoms.